The van der Waals surface area contributed by atoms with Crippen molar-refractivity contribution in [1.29, 1.82) is 5.26 Å². The van der Waals surface area contributed by atoms with Crippen LogP contribution in [-0.2, 0) is 0 Å². The van der Waals surface area contributed by atoms with E-state index in [4.69, 9.17) is 14.9 Å². The van der Waals surface area contributed by atoms with Crippen LogP contribution in [0, 0.1) is 18.3 Å². The molecule has 6 nitrogen and oxygen atoms in total. The first-order chi connectivity index (χ1) is 12.1. The summed E-state index contributed by atoms with van der Waals surface area (Å²) in [7, 11) is 0. The van der Waals surface area contributed by atoms with E-state index in [1.165, 1.54) is 0 Å². The average Bonchev–Trinajstić information content (AvgIpc) is 3.18. The summed E-state index contributed by atoms with van der Waals surface area (Å²) in [6.45, 7) is 1.88. The predicted octanol–water partition coefficient (Wildman–Crippen LogP) is 3.75. The first-order valence-corrected chi connectivity index (χ1v) is 8.37. The minimum Gasteiger partial charge on any atom is -0.453 e. The Morgan fingerprint density at radius 1 is 1.24 bits per heavy atom. The van der Waals surface area contributed by atoms with E-state index in [1.807, 2.05) is 43.3 Å². The first-order valence-electron chi connectivity index (χ1n) is 7.58. The lowest BCUT2D eigenvalue weighted by atomic mass is 9.88. The van der Waals surface area contributed by atoms with E-state index >= 15 is 0 Å². The monoisotopic (exact) mass is 396 g/mol. The van der Waals surface area contributed by atoms with Crippen molar-refractivity contribution in [2.24, 2.45) is 5.73 Å². The molecule has 25 heavy (non-hydrogen) atoms. The second-order valence-corrected chi connectivity index (χ2v) is 6.40. The number of allylic oxidation sites excluding steroid dienone is 1. The smallest absolute Gasteiger partial charge is 0.229 e. The van der Waals surface area contributed by atoms with Crippen molar-refractivity contribution in [3.63, 3.8) is 0 Å². The minimum absolute atomic E-state index is 0.0598. The number of para-hydroxylation sites is 1. The summed E-state index contributed by atoms with van der Waals surface area (Å²) < 4.78 is 13.8. The maximum Gasteiger partial charge on any atom is 0.229 e. The molecule has 1 unspecified atom stereocenters. The fourth-order valence-electron chi connectivity index (χ4n) is 3.03. The number of nitriles is 1. The van der Waals surface area contributed by atoms with Crippen molar-refractivity contribution in [2.45, 2.75) is 12.8 Å². The van der Waals surface area contributed by atoms with Gasteiger partial charge in [-0.1, -0.05) is 18.2 Å². The van der Waals surface area contributed by atoms with Crippen LogP contribution in [-0.4, -0.2) is 9.78 Å². The van der Waals surface area contributed by atoms with Gasteiger partial charge in [-0.3, -0.25) is 0 Å². The molecule has 0 fully saturated rings. The van der Waals surface area contributed by atoms with E-state index in [2.05, 4.69) is 27.1 Å². The highest BCUT2D eigenvalue weighted by Gasteiger charge is 2.37. The van der Waals surface area contributed by atoms with Crippen molar-refractivity contribution in [3.05, 3.63) is 75.6 Å². The Hall–Kier alpha value is -2.98. The Labute approximate surface area is 152 Å². The summed E-state index contributed by atoms with van der Waals surface area (Å²) in [5.41, 5.74) is 8.71. The lowest BCUT2D eigenvalue weighted by Gasteiger charge is -2.23. The zero-order chi connectivity index (χ0) is 17.6. The molecule has 0 aliphatic carbocycles. The maximum atomic E-state index is 9.59. The van der Waals surface area contributed by atoms with Gasteiger partial charge in [-0.15, -0.1) is 0 Å². The van der Waals surface area contributed by atoms with Crippen LogP contribution in [0.5, 0.6) is 5.88 Å². The second kappa shape index (κ2) is 5.83. The van der Waals surface area contributed by atoms with Crippen LogP contribution in [0.15, 0.2) is 63.0 Å². The van der Waals surface area contributed by atoms with Crippen LogP contribution in [0.4, 0.5) is 0 Å². The number of nitrogens with zero attached hydrogens (tertiary/aromatic N) is 3. The van der Waals surface area contributed by atoms with E-state index in [-0.39, 0.29) is 5.88 Å². The Morgan fingerprint density at radius 2 is 2.00 bits per heavy atom. The molecule has 0 bridgehead atoms. The van der Waals surface area contributed by atoms with Gasteiger partial charge in [-0.2, -0.15) is 10.4 Å². The molecule has 1 aromatic carbocycles. The number of fused-ring (bicyclic) bond motifs is 1. The number of furan rings is 1. The Balaban J connectivity index is 1.96. The minimum atomic E-state index is -0.461. The predicted molar refractivity (Wildman–Crippen MR) is 94.0 cm³/mol. The standard InChI is InChI=1S/C18H13BrN4O2/c1-10-15-16(13-7-8-14(19)24-13)12(9-20)17(21)25-18(15)23(22-10)11-5-3-2-4-6-11/h2-8,16H,21H2,1H3. The molecule has 3 aromatic rings. The molecular formula is C18H13BrN4O2. The number of rotatable bonds is 2. The van der Waals surface area contributed by atoms with Gasteiger partial charge in [0, 0.05) is 0 Å². The molecule has 1 aliphatic rings. The molecule has 0 amide bonds. The molecule has 7 heteroatoms. The number of aryl methyl sites for hydroxylation is 1. The van der Waals surface area contributed by atoms with E-state index < -0.39 is 5.92 Å². The third-order valence-corrected chi connectivity index (χ3v) is 4.54. The van der Waals surface area contributed by atoms with Crippen LogP contribution in [0.2, 0.25) is 0 Å². The summed E-state index contributed by atoms with van der Waals surface area (Å²) >= 11 is 3.31. The molecule has 2 aromatic heterocycles. The fourth-order valence-corrected chi connectivity index (χ4v) is 3.35. The number of aromatic nitrogens is 2. The van der Waals surface area contributed by atoms with Crippen molar-refractivity contribution < 1.29 is 9.15 Å². The third kappa shape index (κ3) is 2.42. The lowest BCUT2D eigenvalue weighted by molar-refractivity contribution is 0.359. The van der Waals surface area contributed by atoms with Crippen LogP contribution in [0.1, 0.15) is 22.9 Å². The molecular weight excluding hydrogens is 384 g/mol. The van der Waals surface area contributed by atoms with Gasteiger partial charge in [0.1, 0.15) is 17.4 Å². The largest absolute Gasteiger partial charge is 0.453 e. The van der Waals surface area contributed by atoms with Crippen LogP contribution < -0.4 is 10.5 Å². The van der Waals surface area contributed by atoms with Crippen LogP contribution >= 0.6 is 15.9 Å². The summed E-state index contributed by atoms with van der Waals surface area (Å²) in [4.78, 5) is 0. The Kier molecular flexibility index (Phi) is 3.62. The molecule has 3 heterocycles. The van der Waals surface area contributed by atoms with Gasteiger partial charge >= 0.3 is 0 Å². The van der Waals surface area contributed by atoms with Gasteiger partial charge in [0.25, 0.3) is 0 Å². The molecule has 0 spiro atoms. The highest BCUT2D eigenvalue weighted by atomic mass is 79.9. The van der Waals surface area contributed by atoms with Crippen LogP contribution in [0.25, 0.3) is 5.69 Å². The normalized spacial score (nSPS) is 16.3. The topological polar surface area (TPSA) is 90.0 Å². The number of nitrogens with two attached hydrogens (primary N) is 1. The molecule has 4 rings (SSSR count). The molecule has 124 valence electrons. The Morgan fingerprint density at radius 3 is 2.64 bits per heavy atom. The first kappa shape index (κ1) is 15.5. The highest BCUT2D eigenvalue weighted by molar-refractivity contribution is 9.10. The fraction of sp³-hybridized carbons (Fsp3) is 0.111. The lowest BCUT2D eigenvalue weighted by Crippen LogP contribution is -2.21. The molecule has 1 atom stereocenters. The van der Waals surface area contributed by atoms with E-state index in [0.717, 1.165) is 16.9 Å². The molecule has 0 radical (unpaired) electrons. The van der Waals surface area contributed by atoms with Crippen molar-refractivity contribution in [1.82, 2.24) is 9.78 Å². The second-order valence-electron chi connectivity index (χ2n) is 5.62. The molecule has 2 N–H and O–H groups in total. The van der Waals surface area contributed by atoms with Crippen molar-refractivity contribution >= 4 is 15.9 Å². The number of ether oxygens (including phenoxy) is 1. The zero-order valence-electron chi connectivity index (χ0n) is 13.2. The number of hydrogen-bond acceptors (Lipinski definition) is 5. The third-order valence-electron chi connectivity index (χ3n) is 4.11. The van der Waals surface area contributed by atoms with E-state index in [0.29, 0.717) is 21.9 Å². The summed E-state index contributed by atoms with van der Waals surface area (Å²) in [6, 6.07) is 15.4. The van der Waals surface area contributed by atoms with Gasteiger partial charge in [0.05, 0.1) is 22.9 Å². The highest BCUT2D eigenvalue weighted by Crippen LogP contribution is 2.45. The van der Waals surface area contributed by atoms with Gasteiger partial charge in [-0.25, -0.2) is 4.68 Å². The number of hydrogen-bond donors (Lipinski definition) is 1. The SMILES string of the molecule is Cc1nn(-c2ccccc2)c2c1C(c1ccc(Br)o1)C(C#N)=C(N)O2. The van der Waals surface area contributed by atoms with Gasteiger partial charge in [0.2, 0.25) is 11.8 Å². The summed E-state index contributed by atoms with van der Waals surface area (Å²) in [6.07, 6.45) is 0. The van der Waals surface area contributed by atoms with Gasteiger partial charge in [0.15, 0.2) is 4.67 Å². The van der Waals surface area contributed by atoms with E-state index in [1.54, 1.807) is 10.7 Å². The van der Waals surface area contributed by atoms with Crippen LogP contribution in [0.3, 0.4) is 0 Å². The Bertz CT molecular complexity index is 1030. The van der Waals surface area contributed by atoms with Crippen molar-refractivity contribution in [3.8, 4) is 17.6 Å². The number of halogens is 1. The van der Waals surface area contributed by atoms with Crippen molar-refractivity contribution in [2.75, 3.05) is 0 Å². The van der Waals surface area contributed by atoms with Gasteiger partial charge in [-0.05, 0) is 47.1 Å². The van der Waals surface area contributed by atoms with E-state index in [9.17, 15) is 5.26 Å². The zero-order valence-corrected chi connectivity index (χ0v) is 14.8. The molecule has 1 aliphatic heterocycles. The summed E-state index contributed by atoms with van der Waals surface area (Å²) in [5, 5.41) is 14.2. The summed E-state index contributed by atoms with van der Waals surface area (Å²) in [5.74, 6) is 0.700. The average molecular weight is 397 g/mol. The van der Waals surface area contributed by atoms with Gasteiger partial charge < -0.3 is 14.9 Å². The molecule has 0 saturated heterocycles. The number of benzene rings is 1. The maximum absolute atomic E-state index is 9.59. The quantitative estimate of drug-likeness (QED) is 0.711. The molecule has 0 saturated carbocycles.